The first-order valence-corrected chi connectivity index (χ1v) is 8.47. The Balaban J connectivity index is 1.51. The third-order valence-electron chi connectivity index (χ3n) is 4.09. The number of piperidine rings is 1. The number of amides is 2. The first kappa shape index (κ1) is 17.2. The molecule has 0 radical (unpaired) electrons. The van der Waals surface area contributed by atoms with Gasteiger partial charge in [0.25, 0.3) is 5.91 Å². The van der Waals surface area contributed by atoms with E-state index < -0.39 is 0 Å². The highest BCUT2D eigenvalue weighted by Gasteiger charge is 2.14. The molecule has 132 valence electrons. The Hall–Kier alpha value is -2.67. The molecule has 1 aromatic heterocycles. The zero-order valence-corrected chi connectivity index (χ0v) is 14.2. The van der Waals surface area contributed by atoms with E-state index in [1.54, 1.807) is 37.3 Å². The molecule has 0 unspecified atom stereocenters. The fraction of sp³-hybridized carbons (Fsp3) is 0.389. The zero-order valence-electron chi connectivity index (χ0n) is 14.2. The Morgan fingerprint density at radius 1 is 1.08 bits per heavy atom. The van der Waals surface area contributed by atoms with Gasteiger partial charge in [0.15, 0.2) is 0 Å². The summed E-state index contributed by atoms with van der Waals surface area (Å²) in [5, 5.41) is 9.29. The summed E-state index contributed by atoms with van der Waals surface area (Å²) in [7, 11) is 0. The van der Waals surface area contributed by atoms with Crippen molar-refractivity contribution in [2.45, 2.75) is 26.2 Å². The number of nitrogens with zero attached hydrogens (tertiary/aromatic N) is 2. The second-order valence-electron chi connectivity index (χ2n) is 6.25. The van der Waals surface area contributed by atoms with Crippen LogP contribution in [0.5, 0.6) is 0 Å². The Labute approximate surface area is 146 Å². The van der Waals surface area contributed by atoms with E-state index in [4.69, 9.17) is 4.52 Å². The number of carbonyl (C=O) groups excluding carboxylic acids is 2. The molecule has 0 aliphatic carbocycles. The van der Waals surface area contributed by atoms with Crippen LogP contribution in [-0.2, 0) is 4.79 Å². The topological polar surface area (TPSA) is 87.5 Å². The lowest BCUT2D eigenvalue weighted by molar-refractivity contribution is -0.117. The summed E-state index contributed by atoms with van der Waals surface area (Å²) in [5.41, 5.74) is 1.97. The van der Waals surface area contributed by atoms with Crippen LogP contribution in [0.3, 0.4) is 0 Å². The van der Waals surface area contributed by atoms with Gasteiger partial charge in [0.05, 0.1) is 12.2 Å². The molecule has 1 aromatic carbocycles. The van der Waals surface area contributed by atoms with Crippen molar-refractivity contribution in [1.82, 2.24) is 10.1 Å². The Bertz CT molecular complexity index is 733. The zero-order chi connectivity index (χ0) is 17.6. The van der Waals surface area contributed by atoms with Crippen LogP contribution in [0.2, 0.25) is 0 Å². The Morgan fingerprint density at radius 2 is 1.72 bits per heavy atom. The molecule has 7 heteroatoms. The van der Waals surface area contributed by atoms with Crippen LogP contribution in [0.4, 0.5) is 11.4 Å². The van der Waals surface area contributed by atoms with Gasteiger partial charge in [-0.15, -0.1) is 0 Å². The number of anilines is 2. The molecule has 2 amide bonds. The van der Waals surface area contributed by atoms with Crippen molar-refractivity contribution in [2.75, 3.05) is 30.3 Å². The molecule has 1 fully saturated rings. The van der Waals surface area contributed by atoms with E-state index in [2.05, 4.69) is 20.7 Å². The number of rotatable bonds is 5. The molecule has 7 nitrogen and oxygen atoms in total. The van der Waals surface area contributed by atoms with Crippen LogP contribution in [-0.4, -0.2) is 41.5 Å². The number of likely N-dealkylation sites (tertiary alicyclic amines) is 1. The summed E-state index contributed by atoms with van der Waals surface area (Å²) in [4.78, 5) is 26.3. The molecule has 2 N–H and O–H groups in total. The number of nitrogens with one attached hydrogen (secondary N) is 2. The highest BCUT2D eigenvalue weighted by atomic mass is 16.5. The molecule has 3 rings (SSSR count). The maximum Gasteiger partial charge on any atom is 0.294 e. The fourth-order valence-corrected chi connectivity index (χ4v) is 2.82. The van der Waals surface area contributed by atoms with Crippen molar-refractivity contribution in [1.29, 1.82) is 0 Å². The number of hydrogen-bond acceptors (Lipinski definition) is 5. The monoisotopic (exact) mass is 342 g/mol. The lowest BCUT2D eigenvalue weighted by Crippen LogP contribution is -2.36. The predicted octanol–water partition coefficient (Wildman–Crippen LogP) is 2.66. The minimum atomic E-state index is -0.359. The van der Waals surface area contributed by atoms with Crippen LogP contribution in [0.15, 0.2) is 34.9 Å². The van der Waals surface area contributed by atoms with Crippen molar-refractivity contribution in [3.8, 4) is 0 Å². The average molecular weight is 342 g/mol. The number of aryl methyl sites for hydroxylation is 1. The van der Waals surface area contributed by atoms with Gasteiger partial charge < -0.3 is 15.2 Å². The Kier molecular flexibility index (Phi) is 5.45. The summed E-state index contributed by atoms with van der Waals surface area (Å²) in [6.07, 6.45) is 3.57. The van der Waals surface area contributed by atoms with Gasteiger partial charge in [0.2, 0.25) is 11.7 Å². The molecule has 1 saturated heterocycles. The maximum atomic E-state index is 12.1. The number of hydrogen-bond donors (Lipinski definition) is 2. The van der Waals surface area contributed by atoms with Crippen LogP contribution in [0.1, 0.15) is 35.5 Å². The number of benzene rings is 1. The van der Waals surface area contributed by atoms with Crippen molar-refractivity contribution in [3.63, 3.8) is 0 Å². The highest BCUT2D eigenvalue weighted by Crippen LogP contribution is 2.15. The quantitative estimate of drug-likeness (QED) is 0.872. The smallest absolute Gasteiger partial charge is 0.294 e. The summed E-state index contributed by atoms with van der Waals surface area (Å²) >= 11 is 0. The largest absolute Gasteiger partial charge is 0.351 e. The summed E-state index contributed by atoms with van der Waals surface area (Å²) in [6.45, 7) is 4.14. The molecule has 1 aliphatic rings. The molecule has 1 aliphatic heterocycles. The van der Waals surface area contributed by atoms with Gasteiger partial charge in [0, 0.05) is 17.4 Å². The molecule has 2 aromatic rings. The summed E-state index contributed by atoms with van der Waals surface area (Å²) < 4.78 is 4.92. The van der Waals surface area contributed by atoms with E-state index in [0.29, 0.717) is 23.6 Å². The molecule has 0 atom stereocenters. The van der Waals surface area contributed by atoms with Gasteiger partial charge in [-0.05, 0) is 57.1 Å². The first-order chi connectivity index (χ1) is 12.1. The summed E-state index contributed by atoms with van der Waals surface area (Å²) in [6, 6.07) is 8.56. The normalized spacial score (nSPS) is 14.9. The molecule has 25 heavy (non-hydrogen) atoms. The molecule has 0 spiro atoms. The Morgan fingerprint density at radius 3 is 2.32 bits per heavy atom. The SMILES string of the molecule is Cc1cc(C(=O)Nc2ccc(NC(=O)CN3CCCCC3)cc2)on1. The van der Waals surface area contributed by atoms with Gasteiger partial charge in [-0.25, -0.2) is 0 Å². The van der Waals surface area contributed by atoms with Gasteiger partial charge in [-0.1, -0.05) is 11.6 Å². The van der Waals surface area contributed by atoms with Crippen LogP contribution < -0.4 is 10.6 Å². The van der Waals surface area contributed by atoms with Crippen LogP contribution in [0.25, 0.3) is 0 Å². The fourth-order valence-electron chi connectivity index (χ4n) is 2.82. The highest BCUT2D eigenvalue weighted by molar-refractivity contribution is 6.02. The second kappa shape index (κ2) is 7.94. The van der Waals surface area contributed by atoms with Crippen molar-refractivity contribution < 1.29 is 14.1 Å². The lowest BCUT2D eigenvalue weighted by atomic mass is 10.1. The van der Waals surface area contributed by atoms with E-state index >= 15 is 0 Å². The van der Waals surface area contributed by atoms with Crippen molar-refractivity contribution in [2.24, 2.45) is 0 Å². The molecule has 0 saturated carbocycles. The third-order valence-corrected chi connectivity index (χ3v) is 4.09. The van der Waals surface area contributed by atoms with Gasteiger partial charge >= 0.3 is 0 Å². The minimum absolute atomic E-state index is 0.0178. The van der Waals surface area contributed by atoms with Gasteiger partial charge in [0.1, 0.15) is 0 Å². The second-order valence-corrected chi connectivity index (χ2v) is 6.25. The van der Waals surface area contributed by atoms with Crippen molar-refractivity contribution >= 4 is 23.2 Å². The third kappa shape index (κ3) is 4.90. The molecule has 0 bridgehead atoms. The predicted molar refractivity (Wildman–Crippen MR) is 94.6 cm³/mol. The van der Waals surface area contributed by atoms with E-state index in [9.17, 15) is 9.59 Å². The molecular formula is C18H22N4O3. The minimum Gasteiger partial charge on any atom is -0.351 e. The van der Waals surface area contributed by atoms with Crippen molar-refractivity contribution in [3.05, 3.63) is 41.8 Å². The van der Waals surface area contributed by atoms with Crippen LogP contribution >= 0.6 is 0 Å². The van der Waals surface area contributed by atoms with E-state index in [0.717, 1.165) is 25.9 Å². The van der Waals surface area contributed by atoms with E-state index in [-0.39, 0.29) is 17.6 Å². The lowest BCUT2D eigenvalue weighted by Gasteiger charge is -2.25. The molecule has 2 heterocycles. The number of carbonyl (C=O) groups is 2. The van der Waals surface area contributed by atoms with Crippen LogP contribution in [0, 0.1) is 6.92 Å². The van der Waals surface area contributed by atoms with Gasteiger partial charge in [-0.2, -0.15) is 0 Å². The van der Waals surface area contributed by atoms with E-state index in [1.807, 2.05) is 0 Å². The number of aromatic nitrogens is 1. The first-order valence-electron chi connectivity index (χ1n) is 8.47. The average Bonchev–Trinajstić information content (AvgIpc) is 3.04. The van der Waals surface area contributed by atoms with Gasteiger partial charge in [-0.3, -0.25) is 14.5 Å². The van der Waals surface area contributed by atoms with E-state index in [1.165, 1.54) is 6.42 Å². The maximum absolute atomic E-state index is 12.1. The summed E-state index contributed by atoms with van der Waals surface area (Å²) in [5.74, 6) is -0.213. The standard InChI is InChI=1S/C18H22N4O3/c1-13-11-16(25-21-13)18(24)20-15-7-5-14(6-8-15)19-17(23)12-22-9-3-2-4-10-22/h5-8,11H,2-4,9-10,12H2,1H3,(H,19,23)(H,20,24). The molecular weight excluding hydrogens is 320 g/mol.